The first kappa shape index (κ1) is 19.2. The van der Waals surface area contributed by atoms with E-state index in [9.17, 15) is 4.79 Å². The molecular formula is C21H22Cl2N2O3. The van der Waals surface area contributed by atoms with Crippen LogP contribution < -0.4 is 9.64 Å². The fourth-order valence-electron chi connectivity index (χ4n) is 4.08. The Balaban J connectivity index is 1.47. The zero-order valence-electron chi connectivity index (χ0n) is 15.4. The summed E-state index contributed by atoms with van der Waals surface area (Å²) in [5.41, 5.74) is 2.06. The number of halogens is 2. The first-order valence-corrected chi connectivity index (χ1v) is 10.1. The highest BCUT2D eigenvalue weighted by Gasteiger charge is 2.46. The zero-order valence-corrected chi connectivity index (χ0v) is 16.9. The van der Waals surface area contributed by atoms with E-state index in [1.165, 1.54) is 4.90 Å². The molecule has 4 rings (SSSR count). The number of anilines is 1. The summed E-state index contributed by atoms with van der Waals surface area (Å²) in [6.45, 7) is 3.30. The highest BCUT2D eigenvalue weighted by atomic mass is 35.5. The molecule has 28 heavy (non-hydrogen) atoms. The van der Waals surface area contributed by atoms with Crippen molar-refractivity contribution >= 4 is 35.0 Å². The summed E-state index contributed by atoms with van der Waals surface area (Å²) >= 11 is 12.8. The molecule has 7 heteroatoms. The molecule has 0 atom stereocenters. The molecular weight excluding hydrogens is 399 g/mol. The fourth-order valence-corrected chi connectivity index (χ4v) is 4.51. The Morgan fingerprint density at radius 1 is 1.07 bits per heavy atom. The zero-order chi connectivity index (χ0) is 19.7. The van der Waals surface area contributed by atoms with Crippen LogP contribution in [0.3, 0.4) is 0 Å². The maximum atomic E-state index is 11.1. The molecule has 2 aliphatic heterocycles. The minimum Gasteiger partial charge on any atom is -0.487 e. The first-order valence-electron chi connectivity index (χ1n) is 9.35. The molecule has 0 aromatic heterocycles. The number of hydrogen-bond donors (Lipinski definition) is 1. The molecule has 0 unspecified atom stereocenters. The molecule has 148 valence electrons. The van der Waals surface area contributed by atoms with Gasteiger partial charge in [-0.1, -0.05) is 53.5 Å². The van der Waals surface area contributed by atoms with E-state index in [0.29, 0.717) is 29.7 Å². The number of likely N-dealkylation sites (tertiary alicyclic amines) is 1. The monoisotopic (exact) mass is 420 g/mol. The Bertz CT molecular complexity index is 859. The highest BCUT2D eigenvalue weighted by molar-refractivity contribution is 6.44. The largest absolute Gasteiger partial charge is 0.487 e. The topological polar surface area (TPSA) is 53.0 Å². The molecule has 1 spiro atoms. The minimum absolute atomic E-state index is 0.147. The van der Waals surface area contributed by atoms with Crippen LogP contribution in [-0.2, 0) is 6.61 Å². The van der Waals surface area contributed by atoms with E-state index in [-0.39, 0.29) is 5.41 Å². The number of nitrogens with zero attached hydrogens (tertiary/aromatic N) is 2. The van der Waals surface area contributed by atoms with Crippen LogP contribution in [0, 0.1) is 5.41 Å². The molecule has 0 bridgehead atoms. The number of rotatable bonds is 4. The molecule has 2 aliphatic rings. The Kier molecular flexibility index (Phi) is 5.30. The summed E-state index contributed by atoms with van der Waals surface area (Å²) in [7, 11) is 0. The second kappa shape index (κ2) is 7.72. The minimum atomic E-state index is -0.833. The summed E-state index contributed by atoms with van der Waals surface area (Å²) in [4.78, 5) is 14.8. The van der Waals surface area contributed by atoms with Gasteiger partial charge in [0.25, 0.3) is 0 Å². The predicted octanol–water partition coefficient (Wildman–Crippen LogP) is 5.15. The lowest BCUT2D eigenvalue weighted by Crippen LogP contribution is -2.61. The van der Waals surface area contributed by atoms with Gasteiger partial charge in [-0.25, -0.2) is 4.79 Å². The lowest BCUT2D eigenvalue weighted by atomic mass is 9.72. The molecule has 1 amide bonds. The van der Waals surface area contributed by atoms with E-state index < -0.39 is 6.09 Å². The predicted molar refractivity (Wildman–Crippen MR) is 111 cm³/mol. The SMILES string of the molecule is O=C(O)N1CCC2(CC1)CN(c1c(OCc3ccccc3)ccc(Cl)c1Cl)C2. The molecule has 2 aromatic carbocycles. The quantitative estimate of drug-likeness (QED) is 0.742. The van der Waals surface area contributed by atoms with E-state index in [1.807, 2.05) is 36.4 Å². The molecule has 2 fully saturated rings. The summed E-state index contributed by atoms with van der Waals surface area (Å²) in [6.07, 6.45) is 0.906. The molecule has 5 nitrogen and oxygen atoms in total. The second-order valence-electron chi connectivity index (χ2n) is 7.61. The first-order chi connectivity index (χ1) is 13.5. The van der Waals surface area contributed by atoms with Crippen molar-refractivity contribution in [2.24, 2.45) is 5.41 Å². The molecule has 2 heterocycles. The van der Waals surface area contributed by atoms with Crippen LogP contribution in [0.4, 0.5) is 10.5 Å². The van der Waals surface area contributed by atoms with Crippen LogP contribution in [0.2, 0.25) is 10.0 Å². The number of hydrogen-bond acceptors (Lipinski definition) is 3. The standard InChI is InChI=1S/C21H22Cl2N2O3/c22-16-6-7-17(28-12-15-4-2-1-3-5-15)19(18(16)23)25-13-21(14-25)8-10-24(11-9-21)20(26)27/h1-7H,8-14H2,(H,26,27). The van der Waals surface area contributed by atoms with E-state index in [2.05, 4.69) is 4.90 Å². The van der Waals surface area contributed by atoms with Gasteiger partial charge in [0.1, 0.15) is 12.4 Å². The van der Waals surface area contributed by atoms with Crippen LogP contribution in [0.15, 0.2) is 42.5 Å². The van der Waals surface area contributed by atoms with Crippen molar-refractivity contribution in [1.82, 2.24) is 4.90 Å². The Morgan fingerprint density at radius 2 is 1.75 bits per heavy atom. The summed E-state index contributed by atoms with van der Waals surface area (Å²) < 4.78 is 6.07. The van der Waals surface area contributed by atoms with Gasteiger partial charge in [-0.05, 0) is 30.5 Å². The van der Waals surface area contributed by atoms with Crippen LogP contribution in [0.25, 0.3) is 0 Å². The summed E-state index contributed by atoms with van der Waals surface area (Å²) in [5, 5.41) is 10.2. The third kappa shape index (κ3) is 3.74. The second-order valence-corrected chi connectivity index (χ2v) is 8.39. The van der Waals surface area contributed by atoms with Crippen LogP contribution in [0.5, 0.6) is 5.75 Å². The third-order valence-corrected chi connectivity index (χ3v) is 6.53. The van der Waals surface area contributed by atoms with Gasteiger partial charge in [-0.3, -0.25) is 0 Å². The van der Waals surface area contributed by atoms with E-state index >= 15 is 0 Å². The van der Waals surface area contributed by atoms with Gasteiger partial charge in [0.15, 0.2) is 0 Å². The fraction of sp³-hybridized carbons (Fsp3) is 0.381. The number of benzene rings is 2. The smallest absolute Gasteiger partial charge is 0.407 e. The van der Waals surface area contributed by atoms with Crippen molar-refractivity contribution in [2.75, 3.05) is 31.1 Å². The van der Waals surface area contributed by atoms with Gasteiger partial charge >= 0.3 is 6.09 Å². The number of carbonyl (C=O) groups is 1. The van der Waals surface area contributed by atoms with Gasteiger partial charge in [0, 0.05) is 31.6 Å². The lowest BCUT2D eigenvalue weighted by molar-refractivity contribution is 0.0707. The van der Waals surface area contributed by atoms with Crippen molar-refractivity contribution in [3.05, 3.63) is 58.1 Å². The van der Waals surface area contributed by atoms with Crippen molar-refractivity contribution in [3.63, 3.8) is 0 Å². The van der Waals surface area contributed by atoms with Crippen molar-refractivity contribution in [1.29, 1.82) is 0 Å². The third-order valence-electron chi connectivity index (χ3n) is 5.73. The number of piperidine rings is 1. The Hall–Kier alpha value is -2.11. The average molecular weight is 421 g/mol. The van der Waals surface area contributed by atoms with Crippen molar-refractivity contribution < 1.29 is 14.6 Å². The van der Waals surface area contributed by atoms with E-state index in [0.717, 1.165) is 42.9 Å². The van der Waals surface area contributed by atoms with Crippen LogP contribution >= 0.6 is 23.2 Å². The van der Waals surface area contributed by atoms with Crippen LogP contribution in [0.1, 0.15) is 18.4 Å². The number of amides is 1. The maximum Gasteiger partial charge on any atom is 0.407 e. The van der Waals surface area contributed by atoms with Crippen molar-refractivity contribution in [3.8, 4) is 5.75 Å². The van der Waals surface area contributed by atoms with Crippen LogP contribution in [-0.4, -0.2) is 42.3 Å². The maximum absolute atomic E-state index is 11.1. The van der Waals surface area contributed by atoms with Gasteiger partial charge < -0.3 is 19.6 Å². The molecule has 0 saturated carbocycles. The van der Waals surface area contributed by atoms with Gasteiger partial charge in [-0.15, -0.1) is 0 Å². The Morgan fingerprint density at radius 3 is 2.39 bits per heavy atom. The molecule has 2 saturated heterocycles. The lowest BCUT2D eigenvalue weighted by Gasteiger charge is -2.55. The highest BCUT2D eigenvalue weighted by Crippen LogP contribution is 2.49. The van der Waals surface area contributed by atoms with E-state index in [4.69, 9.17) is 33.0 Å². The number of ether oxygens (including phenoxy) is 1. The van der Waals surface area contributed by atoms with Gasteiger partial charge in [-0.2, -0.15) is 0 Å². The van der Waals surface area contributed by atoms with Crippen molar-refractivity contribution in [2.45, 2.75) is 19.4 Å². The summed E-state index contributed by atoms with van der Waals surface area (Å²) in [6, 6.07) is 13.6. The summed E-state index contributed by atoms with van der Waals surface area (Å²) in [5.74, 6) is 0.719. The molecule has 1 N–H and O–H groups in total. The van der Waals surface area contributed by atoms with Gasteiger partial charge in [0.05, 0.1) is 15.7 Å². The molecule has 0 aliphatic carbocycles. The Labute approximate surface area is 174 Å². The van der Waals surface area contributed by atoms with Gasteiger partial charge in [0.2, 0.25) is 0 Å². The number of carboxylic acid groups (broad SMARTS) is 1. The van der Waals surface area contributed by atoms with E-state index in [1.54, 1.807) is 6.07 Å². The normalized spacial score (nSPS) is 18.1. The average Bonchev–Trinajstić information content (AvgIpc) is 2.68. The molecule has 0 radical (unpaired) electrons. The molecule has 2 aromatic rings.